The summed E-state index contributed by atoms with van der Waals surface area (Å²) in [5, 5.41) is 14.0. The molecule has 6 heteroatoms. The van der Waals surface area contributed by atoms with E-state index in [4.69, 9.17) is 10.2 Å². The van der Waals surface area contributed by atoms with Crippen LogP contribution >= 0.6 is 0 Å². The van der Waals surface area contributed by atoms with Crippen molar-refractivity contribution in [2.45, 2.75) is 90.6 Å². The third-order valence-electron chi connectivity index (χ3n) is 7.51. The molecule has 0 aromatic carbocycles. The van der Waals surface area contributed by atoms with Crippen LogP contribution in [0.2, 0.25) is 0 Å². The summed E-state index contributed by atoms with van der Waals surface area (Å²) >= 11 is 0. The van der Waals surface area contributed by atoms with Gasteiger partial charge in [0, 0.05) is 19.5 Å². The Labute approximate surface area is 173 Å². The number of aryl methyl sites for hydroxylation is 1. The molecule has 2 aliphatic carbocycles. The lowest BCUT2D eigenvalue weighted by Gasteiger charge is -2.32. The fraction of sp³-hybridized carbons (Fsp3) is 0.783. The minimum absolute atomic E-state index is 0.212. The van der Waals surface area contributed by atoms with Crippen molar-refractivity contribution in [1.29, 1.82) is 0 Å². The van der Waals surface area contributed by atoms with Crippen molar-refractivity contribution in [3.8, 4) is 0 Å². The fourth-order valence-electron chi connectivity index (χ4n) is 5.64. The number of aromatic nitrogens is 2. The minimum atomic E-state index is -0.681. The van der Waals surface area contributed by atoms with Crippen molar-refractivity contribution in [2.24, 2.45) is 17.8 Å². The standard InChI is InChI=1S/C23H35N3O3/c1-16-20-11-12-25(22(27)13-17-7-9-19(10-8-17)23(28)29)15-21(20)26(24-16)14-18-5-3-2-4-6-18/h17-19H,2-15H2,1H3,(H,28,29)/t17-,19-. The van der Waals surface area contributed by atoms with E-state index in [1.807, 2.05) is 4.90 Å². The van der Waals surface area contributed by atoms with Gasteiger partial charge in [-0.2, -0.15) is 5.10 Å². The first-order valence-corrected chi connectivity index (χ1v) is 11.6. The van der Waals surface area contributed by atoms with Gasteiger partial charge >= 0.3 is 5.97 Å². The number of aliphatic carboxylic acids is 1. The molecule has 1 amide bonds. The molecule has 0 radical (unpaired) electrons. The SMILES string of the molecule is Cc1nn(CC2CCCCC2)c2c1CCN(C(=O)C[C@H]1CC[C@H](C(=O)O)CC1)C2. The molecule has 0 bridgehead atoms. The largest absolute Gasteiger partial charge is 0.481 e. The van der Waals surface area contributed by atoms with Gasteiger partial charge in [-0.05, 0) is 69.3 Å². The molecule has 29 heavy (non-hydrogen) atoms. The zero-order valence-corrected chi connectivity index (χ0v) is 17.7. The number of amides is 1. The van der Waals surface area contributed by atoms with Crippen LogP contribution in [0.15, 0.2) is 0 Å². The van der Waals surface area contributed by atoms with E-state index in [1.165, 1.54) is 43.4 Å². The molecule has 6 nitrogen and oxygen atoms in total. The highest BCUT2D eigenvalue weighted by atomic mass is 16.4. The normalized spacial score (nSPS) is 25.6. The number of hydrogen-bond acceptors (Lipinski definition) is 3. The summed E-state index contributed by atoms with van der Waals surface area (Å²) in [6.45, 7) is 4.57. The predicted molar refractivity (Wildman–Crippen MR) is 110 cm³/mol. The molecule has 160 valence electrons. The highest BCUT2D eigenvalue weighted by Crippen LogP contribution is 2.33. The molecule has 2 heterocycles. The Kier molecular flexibility index (Phi) is 6.26. The Morgan fingerprint density at radius 3 is 2.45 bits per heavy atom. The van der Waals surface area contributed by atoms with Crippen LogP contribution < -0.4 is 0 Å². The van der Waals surface area contributed by atoms with Crippen molar-refractivity contribution in [1.82, 2.24) is 14.7 Å². The van der Waals surface area contributed by atoms with E-state index in [2.05, 4.69) is 11.6 Å². The number of rotatable bonds is 5. The number of fused-ring (bicyclic) bond motifs is 1. The Morgan fingerprint density at radius 2 is 1.76 bits per heavy atom. The summed E-state index contributed by atoms with van der Waals surface area (Å²) in [4.78, 5) is 26.1. The second-order valence-corrected chi connectivity index (χ2v) is 9.52. The Bertz CT molecular complexity index is 743. The van der Waals surface area contributed by atoms with E-state index in [9.17, 15) is 9.59 Å². The number of carboxylic acid groups (broad SMARTS) is 1. The van der Waals surface area contributed by atoms with E-state index < -0.39 is 5.97 Å². The van der Waals surface area contributed by atoms with Gasteiger partial charge in [0.1, 0.15) is 0 Å². The monoisotopic (exact) mass is 401 g/mol. The first kappa shape index (κ1) is 20.4. The van der Waals surface area contributed by atoms with Gasteiger partial charge in [0.05, 0.1) is 23.9 Å². The van der Waals surface area contributed by atoms with Gasteiger partial charge in [-0.3, -0.25) is 14.3 Å². The van der Waals surface area contributed by atoms with Gasteiger partial charge in [-0.1, -0.05) is 19.3 Å². The lowest BCUT2D eigenvalue weighted by atomic mass is 9.80. The van der Waals surface area contributed by atoms with Crippen molar-refractivity contribution in [2.75, 3.05) is 6.54 Å². The van der Waals surface area contributed by atoms with Crippen molar-refractivity contribution in [3.05, 3.63) is 17.0 Å². The zero-order valence-electron chi connectivity index (χ0n) is 17.7. The number of nitrogens with zero attached hydrogens (tertiary/aromatic N) is 3. The maximum Gasteiger partial charge on any atom is 0.306 e. The summed E-state index contributed by atoms with van der Waals surface area (Å²) < 4.78 is 2.21. The maximum absolute atomic E-state index is 13.0. The molecular weight excluding hydrogens is 366 g/mol. The van der Waals surface area contributed by atoms with Crippen LogP contribution in [0.1, 0.15) is 81.2 Å². The van der Waals surface area contributed by atoms with Crippen LogP contribution in [0.4, 0.5) is 0 Å². The smallest absolute Gasteiger partial charge is 0.306 e. The van der Waals surface area contributed by atoms with Gasteiger partial charge in [0.25, 0.3) is 0 Å². The molecule has 3 aliphatic rings. The zero-order chi connectivity index (χ0) is 20.4. The van der Waals surface area contributed by atoms with Crippen molar-refractivity contribution < 1.29 is 14.7 Å². The first-order chi connectivity index (χ1) is 14.0. The summed E-state index contributed by atoms with van der Waals surface area (Å²) in [5.41, 5.74) is 3.74. The topological polar surface area (TPSA) is 75.4 Å². The van der Waals surface area contributed by atoms with Crippen LogP contribution in [0.5, 0.6) is 0 Å². The molecule has 0 unspecified atom stereocenters. The summed E-state index contributed by atoms with van der Waals surface area (Å²) in [7, 11) is 0. The second-order valence-electron chi connectivity index (χ2n) is 9.52. The molecule has 2 saturated carbocycles. The van der Waals surface area contributed by atoms with Gasteiger partial charge in [-0.15, -0.1) is 0 Å². The molecular formula is C23H35N3O3. The van der Waals surface area contributed by atoms with E-state index >= 15 is 0 Å². The van der Waals surface area contributed by atoms with Gasteiger partial charge < -0.3 is 10.0 Å². The third-order valence-corrected chi connectivity index (χ3v) is 7.51. The minimum Gasteiger partial charge on any atom is -0.481 e. The molecule has 1 aromatic heterocycles. The van der Waals surface area contributed by atoms with E-state index in [-0.39, 0.29) is 11.8 Å². The first-order valence-electron chi connectivity index (χ1n) is 11.6. The molecule has 2 fully saturated rings. The lowest BCUT2D eigenvalue weighted by Crippen LogP contribution is -2.38. The van der Waals surface area contributed by atoms with E-state index in [0.717, 1.165) is 44.0 Å². The van der Waals surface area contributed by atoms with Crippen LogP contribution in [0, 0.1) is 24.7 Å². The van der Waals surface area contributed by atoms with Crippen LogP contribution in [-0.2, 0) is 29.1 Å². The maximum atomic E-state index is 13.0. The lowest BCUT2D eigenvalue weighted by molar-refractivity contribution is -0.143. The van der Waals surface area contributed by atoms with Gasteiger partial charge in [-0.25, -0.2) is 0 Å². The molecule has 1 aromatic rings. The molecule has 0 atom stereocenters. The van der Waals surface area contributed by atoms with E-state index in [0.29, 0.717) is 31.7 Å². The molecule has 1 N–H and O–H groups in total. The fourth-order valence-corrected chi connectivity index (χ4v) is 5.64. The van der Waals surface area contributed by atoms with Gasteiger partial charge in [0.15, 0.2) is 0 Å². The number of carbonyl (C=O) groups is 2. The van der Waals surface area contributed by atoms with Crippen LogP contribution in [0.3, 0.4) is 0 Å². The average Bonchev–Trinajstić information content (AvgIpc) is 3.04. The Hall–Kier alpha value is -1.85. The number of hydrogen-bond donors (Lipinski definition) is 1. The highest BCUT2D eigenvalue weighted by Gasteiger charge is 2.31. The van der Waals surface area contributed by atoms with E-state index in [1.54, 1.807) is 0 Å². The van der Waals surface area contributed by atoms with Crippen LogP contribution in [0.25, 0.3) is 0 Å². The Morgan fingerprint density at radius 1 is 1.03 bits per heavy atom. The third kappa shape index (κ3) is 4.67. The van der Waals surface area contributed by atoms with Gasteiger partial charge in [0.2, 0.25) is 5.91 Å². The average molecular weight is 402 g/mol. The molecule has 4 rings (SSSR count). The van der Waals surface area contributed by atoms with Crippen molar-refractivity contribution >= 4 is 11.9 Å². The molecule has 0 saturated heterocycles. The second kappa shape index (κ2) is 8.88. The quantitative estimate of drug-likeness (QED) is 0.811. The van der Waals surface area contributed by atoms with Crippen molar-refractivity contribution in [3.63, 3.8) is 0 Å². The van der Waals surface area contributed by atoms with Crippen LogP contribution in [-0.4, -0.2) is 38.2 Å². The molecule has 0 spiro atoms. The highest BCUT2D eigenvalue weighted by molar-refractivity contribution is 5.77. The summed E-state index contributed by atoms with van der Waals surface area (Å²) in [6.07, 6.45) is 11.3. The molecule has 1 aliphatic heterocycles. The predicted octanol–water partition coefficient (Wildman–Crippen LogP) is 3.94. The summed E-state index contributed by atoms with van der Waals surface area (Å²) in [6, 6.07) is 0. The summed E-state index contributed by atoms with van der Waals surface area (Å²) in [5.74, 6) is 0.407. The Balaban J connectivity index is 1.36. The number of carboxylic acids is 1. The number of carbonyl (C=O) groups excluding carboxylic acids is 1.